The third-order valence-electron chi connectivity index (χ3n) is 5.45. The summed E-state index contributed by atoms with van der Waals surface area (Å²) in [4.78, 5) is 6.57. The number of aliphatic hydroxyl groups excluding tert-OH is 1. The number of aromatic nitrogens is 4. The van der Waals surface area contributed by atoms with Gasteiger partial charge in [-0.3, -0.25) is 14.5 Å². The van der Waals surface area contributed by atoms with E-state index in [9.17, 15) is 5.11 Å². The Morgan fingerprint density at radius 3 is 2.59 bits per heavy atom. The maximum atomic E-state index is 9.79. The largest absolute Gasteiger partial charge is 0.393 e. The van der Waals surface area contributed by atoms with Crippen LogP contribution in [0.5, 0.6) is 0 Å². The Kier molecular flexibility index (Phi) is 5.89. The molecule has 0 unspecified atom stereocenters. The summed E-state index contributed by atoms with van der Waals surface area (Å²) in [7, 11) is 0. The Morgan fingerprint density at radius 1 is 1.14 bits per heavy atom. The van der Waals surface area contributed by atoms with Gasteiger partial charge in [-0.15, -0.1) is 5.10 Å². The number of piperidine rings is 1. The highest BCUT2D eigenvalue weighted by Gasteiger charge is 2.21. The minimum Gasteiger partial charge on any atom is -0.393 e. The molecule has 1 aliphatic heterocycles. The van der Waals surface area contributed by atoms with E-state index < -0.39 is 0 Å². The number of likely N-dealkylation sites (tertiary alicyclic amines) is 1. The molecule has 1 fully saturated rings. The summed E-state index contributed by atoms with van der Waals surface area (Å²) < 4.78 is 4.63. The number of pyridine rings is 1. The summed E-state index contributed by atoms with van der Waals surface area (Å²) in [5, 5.41) is 14.7. The summed E-state index contributed by atoms with van der Waals surface area (Å²) in [6, 6.07) is 12.3. The van der Waals surface area contributed by atoms with Gasteiger partial charge in [0, 0.05) is 31.0 Å². The minimum atomic E-state index is -0.194. The Hall–Kier alpha value is -2.35. The van der Waals surface area contributed by atoms with E-state index >= 15 is 0 Å². The number of hydrogen-bond acceptors (Lipinski definition) is 5. The van der Waals surface area contributed by atoms with E-state index in [1.165, 1.54) is 5.56 Å². The highest BCUT2D eigenvalue weighted by molar-refractivity contribution is 7.71. The van der Waals surface area contributed by atoms with Crippen molar-refractivity contribution in [1.82, 2.24) is 24.2 Å². The fourth-order valence-corrected chi connectivity index (χ4v) is 4.11. The van der Waals surface area contributed by atoms with Crippen LogP contribution >= 0.6 is 12.2 Å². The molecule has 0 amide bonds. The van der Waals surface area contributed by atoms with Crippen LogP contribution in [0.2, 0.25) is 0 Å². The zero-order valence-electron chi connectivity index (χ0n) is 16.9. The number of para-hydroxylation sites is 1. The number of rotatable bonds is 5. The van der Waals surface area contributed by atoms with Gasteiger partial charge in [-0.1, -0.05) is 32.0 Å². The Labute approximate surface area is 176 Å². The normalized spacial score (nSPS) is 15.9. The predicted octanol–water partition coefficient (Wildman–Crippen LogP) is 4.00. The first-order chi connectivity index (χ1) is 14.0. The lowest BCUT2D eigenvalue weighted by Crippen LogP contribution is -2.37. The SMILES string of the molecule is CC(C)c1ccccc1-n1c(-c2cccnc2)nn(CN2CCC(O)CC2)c1=S. The third kappa shape index (κ3) is 4.17. The van der Waals surface area contributed by atoms with Crippen molar-refractivity contribution in [3.05, 3.63) is 59.1 Å². The lowest BCUT2D eigenvalue weighted by molar-refractivity contribution is 0.0651. The van der Waals surface area contributed by atoms with Crippen molar-refractivity contribution in [2.45, 2.75) is 45.4 Å². The van der Waals surface area contributed by atoms with Crippen LogP contribution in [-0.4, -0.2) is 48.5 Å². The van der Waals surface area contributed by atoms with Crippen LogP contribution in [0.3, 0.4) is 0 Å². The van der Waals surface area contributed by atoms with Crippen LogP contribution in [0, 0.1) is 4.77 Å². The molecule has 1 N–H and O–H groups in total. The number of aliphatic hydroxyl groups is 1. The molecular weight excluding hydrogens is 382 g/mol. The third-order valence-corrected chi connectivity index (χ3v) is 5.84. The van der Waals surface area contributed by atoms with Gasteiger partial charge >= 0.3 is 0 Å². The molecule has 0 bridgehead atoms. The summed E-state index contributed by atoms with van der Waals surface area (Å²) in [5.74, 6) is 1.16. The van der Waals surface area contributed by atoms with Crippen molar-refractivity contribution in [1.29, 1.82) is 0 Å². The molecule has 6 nitrogen and oxygen atoms in total. The van der Waals surface area contributed by atoms with Gasteiger partial charge in [-0.05, 0) is 54.7 Å². The average Bonchev–Trinajstić information content (AvgIpc) is 3.06. The second-order valence-corrected chi connectivity index (χ2v) is 8.25. The Balaban J connectivity index is 1.81. The molecule has 0 saturated carbocycles. The standard InChI is InChI=1S/C22H27N5OS/c1-16(2)19-7-3-4-8-20(19)27-21(17-6-5-11-23-14-17)24-26(22(27)29)15-25-12-9-18(28)10-13-25/h3-8,11,14,16,18,28H,9-10,12-13,15H2,1-2H3. The Morgan fingerprint density at radius 2 is 1.90 bits per heavy atom. The second-order valence-electron chi connectivity index (χ2n) is 7.89. The average molecular weight is 410 g/mol. The lowest BCUT2D eigenvalue weighted by Gasteiger charge is -2.28. The van der Waals surface area contributed by atoms with Crippen LogP contribution in [0.1, 0.15) is 38.2 Å². The summed E-state index contributed by atoms with van der Waals surface area (Å²) in [6.45, 7) is 6.70. The summed E-state index contributed by atoms with van der Waals surface area (Å²) in [6.07, 6.45) is 4.98. The molecule has 3 aromatic rings. The number of benzene rings is 1. The topological polar surface area (TPSA) is 59.1 Å². The van der Waals surface area contributed by atoms with Crippen molar-refractivity contribution in [2.75, 3.05) is 13.1 Å². The van der Waals surface area contributed by atoms with Gasteiger partial charge in [0.15, 0.2) is 5.82 Å². The summed E-state index contributed by atoms with van der Waals surface area (Å²) in [5.41, 5.74) is 3.23. The quantitative estimate of drug-likeness (QED) is 0.646. The van der Waals surface area contributed by atoms with Gasteiger partial charge in [0.05, 0.1) is 18.5 Å². The number of nitrogens with zero attached hydrogens (tertiary/aromatic N) is 5. The molecule has 1 aromatic carbocycles. The van der Waals surface area contributed by atoms with Crippen molar-refractivity contribution in [3.63, 3.8) is 0 Å². The zero-order chi connectivity index (χ0) is 20.4. The second kappa shape index (κ2) is 8.57. The van der Waals surface area contributed by atoms with Gasteiger partial charge < -0.3 is 5.11 Å². The molecule has 0 atom stereocenters. The first-order valence-electron chi connectivity index (χ1n) is 10.1. The van der Waals surface area contributed by atoms with Crippen molar-refractivity contribution in [3.8, 4) is 17.1 Å². The van der Waals surface area contributed by atoms with Gasteiger partial charge in [0.25, 0.3) is 0 Å². The van der Waals surface area contributed by atoms with Crippen LogP contribution in [0.4, 0.5) is 0 Å². The predicted molar refractivity (Wildman–Crippen MR) is 117 cm³/mol. The maximum Gasteiger partial charge on any atom is 0.204 e. The van der Waals surface area contributed by atoms with Gasteiger partial charge in [0.1, 0.15) is 0 Å². The lowest BCUT2D eigenvalue weighted by atomic mass is 10.0. The van der Waals surface area contributed by atoms with E-state index in [-0.39, 0.29) is 6.10 Å². The molecule has 0 radical (unpaired) electrons. The fourth-order valence-electron chi connectivity index (χ4n) is 3.83. The maximum absolute atomic E-state index is 9.79. The molecule has 3 heterocycles. The van der Waals surface area contributed by atoms with Crippen molar-refractivity contribution >= 4 is 12.2 Å². The van der Waals surface area contributed by atoms with Gasteiger partial charge in [0.2, 0.25) is 4.77 Å². The molecular formula is C22H27N5OS. The molecule has 1 aliphatic rings. The molecule has 1 saturated heterocycles. The molecule has 2 aromatic heterocycles. The number of hydrogen-bond donors (Lipinski definition) is 1. The molecule has 0 spiro atoms. The van der Waals surface area contributed by atoms with E-state index in [1.807, 2.05) is 29.1 Å². The monoisotopic (exact) mass is 409 g/mol. The van der Waals surface area contributed by atoms with Crippen LogP contribution in [-0.2, 0) is 6.67 Å². The van der Waals surface area contributed by atoms with Gasteiger partial charge in [-0.25, -0.2) is 4.68 Å². The van der Waals surface area contributed by atoms with E-state index in [2.05, 4.69) is 46.5 Å². The first-order valence-corrected chi connectivity index (χ1v) is 10.6. The van der Waals surface area contributed by atoms with E-state index in [4.69, 9.17) is 17.3 Å². The van der Waals surface area contributed by atoms with E-state index in [0.717, 1.165) is 43.0 Å². The van der Waals surface area contributed by atoms with E-state index in [1.54, 1.807) is 6.20 Å². The highest BCUT2D eigenvalue weighted by atomic mass is 32.1. The smallest absolute Gasteiger partial charge is 0.204 e. The van der Waals surface area contributed by atoms with Crippen LogP contribution < -0.4 is 0 Å². The van der Waals surface area contributed by atoms with Crippen molar-refractivity contribution < 1.29 is 5.11 Å². The van der Waals surface area contributed by atoms with Crippen LogP contribution in [0.15, 0.2) is 48.8 Å². The molecule has 7 heteroatoms. The minimum absolute atomic E-state index is 0.194. The van der Waals surface area contributed by atoms with Crippen LogP contribution in [0.25, 0.3) is 17.1 Å². The molecule has 0 aliphatic carbocycles. The molecule has 29 heavy (non-hydrogen) atoms. The summed E-state index contributed by atoms with van der Waals surface area (Å²) >= 11 is 5.90. The fraction of sp³-hybridized carbons (Fsp3) is 0.409. The Bertz CT molecular complexity index is 1020. The molecule has 152 valence electrons. The first kappa shape index (κ1) is 19.9. The zero-order valence-corrected chi connectivity index (χ0v) is 17.7. The highest BCUT2D eigenvalue weighted by Crippen LogP contribution is 2.28. The van der Waals surface area contributed by atoms with Gasteiger partial charge in [-0.2, -0.15) is 0 Å². The van der Waals surface area contributed by atoms with E-state index in [0.29, 0.717) is 17.4 Å². The molecule has 4 rings (SSSR count). The van der Waals surface area contributed by atoms with Crippen molar-refractivity contribution in [2.24, 2.45) is 0 Å².